The van der Waals surface area contributed by atoms with E-state index in [0.29, 0.717) is 5.76 Å². The quantitative estimate of drug-likeness (QED) is 0.777. The number of carbonyl (C=O) groups is 2. The zero-order valence-corrected chi connectivity index (χ0v) is 14.8. The number of rotatable bonds is 6. The third-order valence-electron chi connectivity index (χ3n) is 3.35. The van der Waals surface area contributed by atoms with Gasteiger partial charge >= 0.3 is 5.97 Å². The first kappa shape index (κ1) is 18.7. The first-order valence-electron chi connectivity index (χ1n) is 7.51. The number of benzene rings is 1. The van der Waals surface area contributed by atoms with Crippen LogP contribution in [0.15, 0.2) is 39.8 Å². The Morgan fingerprint density at radius 3 is 2.60 bits per heavy atom. The predicted octanol–water partition coefficient (Wildman–Crippen LogP) is 1.96. The number of nitrogens with zero attached hydrogens (tertiary/aromatic N) is 1. The van der Waals surface area contributed by atoms with Crippen molar-refractivity contribution in [3.05, 3.63) is 41.7 Å². The molecule has 1 atom stereocenters. The van der Waals surface area contributed by atoms with E-state index in [9.17, 15) is 18.0 Å². The van der Waals surface area contributed by atoms with Crippen LogP contribution < -0.4 is 5.32 Å². The number of amides is 1. The molecule has 0 unspecified atom stereocenters. The topological polar surface area (TPSA) is 116 Å². The molecule has 0 saturated carbocycles. The maximum atomic E-state index is 12.3. The molecular formula is C16H18N2O6S. The van der Waals surface area contributed by atoms with Crippen LogP contribution in [-0.2, 0) is 19.4 Å². The summed E-state index contributed by atoms with van der Waals surface area (Å²) in [5.74, 6) is -0.958. The molecule has 2 rings (SSSR count). The van der Waals surface area contributed by atoms with Gasteiger partial charge in [0, 0.05) is 6.07 Å². The highest BCUT2D eigenvalue weighted by atomic mass is 32.2. The van der Waals surface area contributed by atoms with Crippen molar-refractivity contribution in [1.29, 1.82) is 0 Å². The average Bonchev–Trinajstić information content (AvgIpc) is 2.99. The monoisotopic (exact) mass is 366 g/mol. The van der Waals surface area contributed by atoms with Crippen molar-refractivity contribution in [1.82, 2.24) is 5.16 Å². The molecule has 2 aromatic rings. The maximum absolute atomic E-state index is 12.3. The second-order valence-corrected chi connectivity index (χ2v) is 7.51. The Hall–Kier alpha value is -2.68. The molecule has 0 fully saturated rings. The summed E-state index contributed by atoms with van der Waals surface area (Å²) in [6.07, 6.45) is -1.15. The summed E-state index contributed by atoms with van der Waals surface area (Å²) < 4.78 is 34.1. The number of aromatic nitrogens is 1. The summed E-state index contributed by atoms with van der Waals surface area (Å²) in [4.78, 5) is 24.2. The second-order valence-electron chi connectivity index (χ2n) is 5.26. The summed E-state index contributed by atoms with van der Waals surface area (Å²) >= 11 is 0. The smallest absolute Gasteiger partial charge is 0.340 e. The maximum Gasteiger partial charge on any atom is 0.340 e. The van der Waals surface area contributed by atoms with E-state index in [1.807, 2.05) is 0 Å². The van der Waals surface area contributed by atoms with E-state index in [4.69, 9.17) is 9.26 Å². The van der Waals surface area contributed by atoms with Gasteiger partial charge < -0.3 is 14.6 Å². The van der Waals surface area contributed by atoms with E-state index in [-0.39, 0.29) is 22.0 Å². The zero-order chi connectivity index (χ0) is 18.6. The summed E-state index contributed by atoms with van der Waals surface area (Å²) in [6, 6.07) is 7.22. The Morgan fingerprint density at radius 2 is 2.00 bits per heavy atom. The molecule has 1 amide bonds. The Labute approximate surface area is 145 Å². The van der Waals surface area contributed by atoms with E-state index in [2.05, 4.69) is 10.5 Å². The van der Waals surface area contributed by atoms with Gasteiger partial charge in [0.25, 0.3) is 5.91 Å². The average molecular weight is 366 g/mol. The highest BCUT2D eigenvalue weighted by Gasteiger charge is 2.25. The van der Waals surface area contributed by atoms with Gasteiger partial charge in [-0.1, -0.05) is 24.2 Å². The van der Waals surface area contributed by atoms with Gasteiger partial charge in [-0.15, -0.1) is 0 Å². The van der Waals surface area contributed by atoms with Gasteiger partial charge in [-0.3, -0.25) is 4.79 Å². The summed E-state index contributed by atoms with van der Waals surface area (Å²) in [7, 11) is -3.60. The van der Waals surface area contributed by atoms with E-state index >= 15 is 0 Å². The normalized spacial score (nSPS) is 12.4. The molecule has 134 valence electrons. The number of anilines is 1. The van der Waals surface area contributed by atoms with Crippen LogP contribution in [0, 0.1) is 6.92 Å². The number of carbonyl (C=O) groups excluding carboxylic acids is 2. The predicted molar refractivity (Wildman–Crippen MR) is 88.9 cm³/mol. The van der Waals surface area contributed by atoms with Crippen molar-refractivity contribution < 1.29 is 27.3 Å². The van der Waals surface area contributed by atoms with Crippen LogP contribution >= 0.6 is 0 Å². The lowest BCUT2D eigenvalue weighted by Crippen LogP contribution is -2.30. The lowest BCUT2D eigenvalue weighted by Gasteiger charge is -2.14. The van der Waals surface area contributed by atoms with Crippen molar-refractivity contribution in [3.8, 4) is 0 Å². The molecule has 1 aromatic heterocycles. The van der Waals surface area contributed by atoms with Crippen LogP contribution in [0.3, 0.4) is 0 Å². The molecule has 8 nitrogen and oxygen atoms in total. The van der Waals surface area contributed by atoms with Gasteiger partial charge in [-0.2, -0.15) is 0 Å². The summed E-state index contributed by atoms with van der Waals surface area (Å²) in [6.45, 7) is 4.52. The molecule has 0 aliphatic heterocycles. The lowest BCUT2D eigenvalue weighted by atomic mass is 10.2. The summed E-state index contributed by atoms with van der Waals surface area (Å²) in [5, 5.41) is 6.04. The molecule has 0 bridgehead atoms. The Morgan fingerprint density at radius 1 is 1.32 bits per heavy atom. The minimum atomic E-state index is -3.60. The molecule has 9 heteroatoms. The fraction of sp³-hybridized carbons (Fsp3) is 0.312. The van der Waals surface area contributed by atoms with E-state index in [0.717, 1.165) is 0 Å². The molecule has 0 spiro atoms. The Balaban J connectivity index is 2.13. The second kappa shape index (κ2) is 7.47. The van der Waals surface area contributed by atoms with Crippen LogP contribution in [0.4, 0.5) is 5.82 Å². The third kappa shape index (κ3) is 4.44. The van der Waals surface area contributed by atoms with Gasteiger partial charge in [0.1, 0.15) is 5.76 Å². The van der Waals surface area contributed by atoms with Crippen LogP contribution in [0.1, 0.15) is 30.0 Å². The van der Waals surface area contributed by atoms with Crippen molar-refractivity contribution in [3.63, 3.8) is 0 Å². The first-order valence-corrected chi connectivity index (χ1v) is 9.16. The van der Waals surface area contributed by atoms with Gasteiger partial charge in [0.05, 0.1) is 16.2 Å². The van der Waals surface area contributed by atoms with Crippen molar-refractivity contribution in [2.45, 2.75) is 31.8 Å². The molecule has 0 aliphatic rings. The molecule has 1 heterocycles. The number of hydrogen-bond acceptors (Lipinski definition) is 7. The minimum Gasteiger partial charge on any atom is -0.449 e. The van der Waals surface area contributed by atoms with Gasteiger partial charge in [0.15, 0.2) is 21.8 Å². The largest absolute Gasteiger partial charge is 0.449 e. The minimum absolute atomic E-state index is 0.110. The van der Waals surface area contributed by atoms with Crippen molar-refractivity contribution in [2.24, 2.45) is 0 Å². The molecular weight excluding hydrogens is 348 g/mol. The van der Waals surface area contributed by atoms with Crippen LogP contribution in [0.5, 0.6) is 0 Å². The van der Waals surface area contributed by atoms with Crippen molar-refractivity contribution >= 4 is 27.5 Å². The lowest BCUT2D eigenvalue weighted by molar-refractivity contribution is -0.123. The Kier molecular flexibility index (Phi) is 5.58. The molecule has 0 radical (unpaired) electrons. The molecule has 25 heavy (non-hydrogen) atoms. The van der Waals surface area contributed by atoms with Crippen LogP contribution in [0.2, 0.25) is 0 Å². The standard InChI is InChI=1S/C16H18N2O6S/c1-4-25(21,22)13-8-6-5-7-12(13)16(20)23-11(3)15(19)17-14-9-10(2)24-18-14/h5-9,11H,4H2,1-3H3,(H,17,18,19)/t11-/m1/s1. The number of esters is 1. The number of aryl methyl sites for hydroxylation is 1. The third-order valence-corrected chi connectivity index (χ3v) is 5.14. The number of nitrogens with one attached hydrogen (secondary N) is 1. The zero-order valence-electron chi connectivity index (χ0n) is 14.0. The van der Waals surface area contributed by atoms with Crippen LogP contribution in [0.25, 0.3) is 0 Å². The van der Waals surface area contributed by atoms with Crippen molar-refractivity contribution in [2.75, 3.05) is 11.1 Å². The summed E-state index contributed by atoms with van der Waals surface area (Å²) in [5.41, 5.74) is -0.110. The van der Waals surface area contributed by atoms with Gasteiger partial charge in [0.2, 0.25) is 0 Å². The highest BCUT2D eigenvalue weighted by molar-refractivity contribution is 7.91. The highest BCUT2D eigenvalue weighted by Crippen LogP contribution is 2.19. The molecule has 1 aromatic carbocycles. The number of sulfone groups is 1. The van der Waals surface area contributed by atoms with E-state index in [1.165, 1.54) is 44.2 Å². The molecule has 0 saturated heterocycles. The molecule has 0 aliphatic carbocycles. The number of ether oxygens (including phenoxy) is 1. The fourth-order valence-corrected chi connectivity index (χ4v) is 3.08. The van der Waals surface area contributed by atoms with E-state index in [1.54, 1.807) is 6.92 Å². The van der Waals surface area contributed by atoms with Gasteiger partial charge in [-0.05, 0) is 26.0 Å². The van der Waals surface area contributed by atoms with Crippen LogP contribution in [-0.4, -0.2) is 37.3 Å². The fourth-order valence-electron chi connectivity index (χ4n) is 1.99. The Bertz CT molecular complexity index is 888. The number of hydrogen-bond donors (Lipinski definition) is 1. The first-order chi connectivity index (χ1) is 11.7. The van der Waals surface area contributed by atoms with E-state index < -0.39 is 27.8 Å². The SMILES string of the molecule is CCS(=O)(=O)c1ccccc1C(=O)O[C@H](C)C(=O)Nc1cc(C)on1. The molecule has 1 N–H and O–H groups in total. The van der Waals surface area contributed by atoms with Gasteiger partial charge in [-0.25, -0.2) is 13.2 Å².